The van der Waals surface area contributed by atoms with Crippen molar-refractivity contribution in [2.75, 3.05) is 18.2 Å². The second-order valence-corrected chi connectivity index (χ2v) is 5.56. The summed E-state index contributed by atoms with van der Waals surface area (Å²) in [7, 11) is 0. The molecule has 0 aliphatic heterocycles. The lowest BCUT2D eigenvalue weighted by molar-refractivity contribution is -0.146. The van der Waals surface area contributed by atoms with E-state index in [1.165, 1.54) is 30.0 Å². The third kappa shape index (κ3) is 5.41. The summed E-state index contributed by atoms with van der Waals surface area (Å²) in [4.78, 5) is 24.4. The van der Waals surface area contributed by atoms with Gasteiger partial charge in [0.25, 0.3) is 5.91 Å². The van der Waals surface area contributed by atoms with Gasteiger partial charge in [-0.2, -0.15) is 0 Å². The highest BCUT2D eigenvalue weighted by atomic mass is 32.2. The van der Waals surface area contributed by atoms with Gasteiger partial charge in [0, 0.05) is 4.90 Å². The van der Waals surface area contributed by atoms with Crippen LogP contribution in [0.2, 0.25) is 0 Å². The Hall–Kier alpha value is -2.34. The number of benzene rings is 2. The molecule has 2 aromatic rings. The fraction of sp³-hybridized carbons (Fsp3) is 0.176. The van der Waals surface area contributed by atoms with Crippen LogP contribution >= 0.6 is 11.8 Å². The van der Waals surface area contributed by atoms with Crippen molar-refractivity contribution in [1.82, 2.24) is 0 Å². The van der Waals surface area contributed by atoms with Gasteiger partial charge in [-0.25, -0.2) is 4.39 Å². The molecule has 2 aromatic carbocycles. The van der Waals surface area contributed by atoms with Gasteiger partial charge in [0.15, 0.2) is 6.61 Å². The molecule has 0 aliphatic carbocycles. The second kappa shape index (κ2) is 8.33. The number of rotatable bonds is 6. The van der Waals surface area contributed by atoms with E-state index in [0.717, 1.165) is 4.90 Å². The van der Waals surface area contributed by atoms with Gasteiger partial charge in [-0.15, -0.1) is 11.8 Å². The largest absolute Gasteiger partial charge is 0.455 e. The average Bonchev–Trinajstić information content (AvgIpc) is 2.53. The number of anilines is 1. The van der Waals surface area contributed by atoms with Crippen LogP contribution in [0.3, 0.4) is 0 Å². The van der Waals surface area contributed by atoms with Crippen molar-refractivity contribution < 1.29 is 18.7 Å². The van der Waals surface area contributed by atoms with Gasteiger partial charge >= 0.3 is 5.97 Å². The first-order valence-corrected chi connectivity index (χ1v) is 8.14. The van der Waals surface area contributed by atoms with Crippen LogP contribution in [0, 0.1) is 5.82 Å². The van der Waals surface area contributed by atoms with E-state index in [4.69, 9.17) is 4.74 Å². The van der Waals surface area contributed by atoms with Crippen LogP contribution in [-0.4, -0.2) is 24.7 Å². The molecule has 0 spiro atoms. The molecule has 23 heavy (non-hydrogen) atoms. The minimum atomic E-state index is -0.580. The monoisotopic (exact) mass is 333 g/mol. The number of carbonyl (C=O) groups is 2. The third-order valence-corrected chi connectivity index (χ3v) is 3.78. The Morgan fingerprint density at radius 1 is 1.17 bits per heavy atom. The highest BCUT2D eigenvalue weighted by Crippen LogP contribution is 2.24. The minimum absolute atomic E-state index is 0.0769. The maximum Gasteiger partial charge on any atom is 0.310 e. The van der Waals surface area contributed by atoms with E-state index in [9.17, 15) is 14.0 Å². The van der Waals surface area contributed by atoms with Crippen molar-refractivity contribution >= 4 is 29.3 Å². The smallest absolute Gasteiger partial charge is 0.310 e. The summed E-state index contributed by atoms with van der Waals surface area (Å²) in [6, 6.07) is 13.0. The number of para-hydroxylation sites is 1. The number of ether oxygens (including phenoxy) is 1. The van der Waals surface area contributed by atoms with E-state index in [1.807, 2.05) is 24.5 Å². The van der Waals surface area contributed by atoms with E-state index in [1.54, 1.807) is 12.1 Å². The van der Waals surface area contributed by atoms with Gasteiger partial charge in [0.05, 0.1) is 12.1 Å². The molecular formula is C17H16FNO3S. The highest BCUT2D eigenvalue weighted by Gasteiger charge is 2.10. The van der Waals surface area contributed by atoms with Crippen molar-refractivity contribution in [2.24, 2.45) is 0 Å². The lowest BCUT2D eigenvalue weighted by Gasteiger charge is -2.09. The van der Waals surface area contributed by atoms with E-state index >= 15 is 0 Å². The van der Waals surface area contributed by atoms with Crippen molar-refractivity contribution in [3.8, 4) is 0 Å². The maximum atomic E-state index is 13.0. The first-order chi connectivity index (χ1) is 11.1. The molecule has 4 nitrogen and oxygen atoms in total. The van der Waals surface area contributed by atoms with Crippen LogP contribution < -0.4 is 5.32 Å². The molecule has 1 N–H and O–H groups in total. The summed E-state index contributed by atoms with van der Waals surface area (Å²) in [5.74, 6) is -1.41. The Balaban J connectivity index is 1.83. The summed E-state index contributed by atoms with van der Waals surface area (Å²) < 4.78 is 17.9. The first-order valence-electron chi connectivity index (χ1n) is 6.91. The first kappa shape index (κ1) is 17.0. The predicted molar refractivity (Wildman–Crippen MR) is 87.9 cm³/mol. The van der Waals surface area contributed by atoms with Gasteiger partial charge in [0.1, 0.15) is 5.82 Å². The summed E-state index contributed by atoms with van der Waals surface area (Å²) in [5.41, 5.74) is 1.18. The number of esters is 1. The van der Waals surface area contributed by atoms with Gasteiger partial charge in [-0.3, -0.25) is 9.59 Å². The summed E-state index contributed by atoms with van der Waals surface area (Å²) >= 11 is 1.51. The van der Waals surface area contributed by atoms with Crippen LogP contribution in [0.1, 0.15) is 5.56 Å². The van der Waals surface area contributed by atoms with Gasteiger partial charge in [-0.1, -0.05) is 24.3 Å². The molecule has 0 unspecified atom stereocenters. The zero-order valence-electron chi connectivity index (χ0n) is 12.5. The number of thioether (sulfide) groups is 1. The molecule has 6 heteroatoms. The topological polar surface area (TPSA) is 55.4 Å². The molecule has 0 fully saturated rings. The Morgan fingerprint density at radius 3 is 2.70 bits per heavy atom. The van der Waals surface area contributed by atoms with Crippen LogP contribution in [0.5, 0.6) is 0 Å². The lowest BCUT2D eigenvalue weighted by Crippen LogP contribution is -2.21. The normalized spacial score (nSPS) is 10.2. The van der Waals surface area contributed by atoms with Gasteiger partial charge in [-0.05, 0) is 36.1 Å². The third-order valence-electron chi connectivity index (χ3n) is 2.98. The molecular weight excluding hydrogens is 317 g/mol. The highest BCUT2D eigenvalue weighted by molar-refractivity contribution is 7.98. The molecule has 1 amide bonds. The van der Waals surface area contributed by atoms with Gasteiger partial charge in [0.2, 0.25) is 0 Å². The molecule has 0 aliphatic rings. The SMILES string of the molecule is CSc1ccccc1NC(=O)COC(=O)Cc1cccc(F)c1. The Kier molecular flexibility index (Phi) is 6.17. The van der Waals surface area contributed by atoms with Gasteiger partial charge < -0.3 is 10.1 Å². The standard InChI is InChI=1S/C17H16FNO3S/c1-23-15-8-3-2-7-14(15)19-16(20)11-22-17(21)10-12-5-4-6-13(18)9-12/h2-9H,10-11H2,1H3,(H,19,20). The fourth-order valence-electron chi connectivity index (χ4n) is 1.94. The zero-order valence-corrected chi connectivity index (χ0v) is 13.4. The number of hydrogen-bond acceptors (Lipinski definition) is 4. The number of hydrogen-bond donors (Lipinski definition) is 1. The Bertz CT molecular complexity index is 706. The van der Waals surface area contributed by atoms with Crippen LogP contribution in [0.15, 0.2) is 53.4 Å². The number of carbonyl (C=O) groups excluding carboxylic acids is 2. The molecule has 0 heterocycles. The van der Waals surface area contributed by atoms with Crippen LogP contribution in [0.4, 0.5) is 10.1 Å². The molecule has 0 bridgehead atoms. The maximum absolute atomic E-state index is 13.0. The summed E-state index contributed by atoms with van der Waals surface area (Å²) in [6.07, 6.45) is 1.83. The fourth-order valence-corrected chi connectivity index (χ4v) is 2.50. The van der Waals surface area contributed by atoms with Crippen molar-refractivity contribution in [2.45, 2.75) is 11.3 Å². The predicted octanol–water partition coefficient (Wildman–Crippen LogP) is 3.27. The molecule has 0 saturated carbocycles. The minimum Gasteiger partial charge on any atom is -0.455 e. The molecule has 0 saturated heterocycles. The zero-order chi connectivity index (χ0) is 16.7. The lowest BCUT2D eigenvalue weighted by atomic mass is 10.1. The van der Waals surface area contributed by atoms with E-state index in [2.05, 4.69) is 5.32 Å². The molecule has 2 rings (SSSR count). The average molecular weight is 333 g/mol. The number of amides is 1. The molecule has 120 valence electrons. The number of halogens is 1. The summed E-state index contributed by atoms with van der Waals surface area (Å²) in [6.45, 7) is -0.378. The Morgan fingerprint density at radius 2 is 1.96 bits per heavy atom. The van der Waals surface area contributed by atoms with Crippen molar-refractivity contribution in [3.05, 3.63) is 59.9 Å². The van der Waals surface area contributed by atoms with E-state index in [-0.39, 0.29) is 13.0 Å². The van der Waals surface area contributed by atoms with Crippen LogP contribution in [0.25, 0.3) is 0 Å². The second-order valence-electron chi connectivity index (χ2n) is 4.72. The summed E-state index contributed by atoms with van der Waals surface area (Å²) in [5, 5.41) is 2.69. The molecule has 0 aromatic heterocycles. The van der Waals surface area contributed by atoms with E-state index in [0.29, 0.717) is 11.3 Å². The Labute approximate surface area is 138 Å². The number of nitrogens with one attached hydrogen (secondary N) is 1. The van der Waals surface area contributed by atoms with Crippen molar-refractivity contribution in [3.63, 3.8) is 0 Å². The van der Waals surface area contributed by atoms with Crippen molar-refractivity contribution in [1.29, 1.82) is 0 Å². The quantitative estimate of drug-likeness (QED) is 0.651. The van der Waals surface area contributed by atoms with Crippen LogP contribution in [-0.2, 0) is 20.7 Å². The molecule has 0 radical (unpaired) electrons. The molecule has 0 atom stereocenters. The van der Waals surface area contributed by atoms with E-state index < -0.39 is 17.7 Å².